The fourth-order valence-electron chi connectivity index (χ4n) is 2.92. The molecular formula is C17H16O10. The first-order valence-electron chi connectivity index (χ1n) is 7.71. The number of benzene rings is 2. The molecule has 0 fully saturated rings. The van der Waals surface area contributed by atoms with Gasteiger partial charge in [0.2, 0.25) is 5.78 Å². The van der Waals surface area contributed by atoms with E-state index in [0.29, 0.717) is 0 Å². The lowest BCUT2D eigenvalue weighted by atomic mass is 9.86. The molecule has 1 aliphatic rings. The molecule has 0 spiro atoms. The number of carbonyl (C=O) groups is 1. The summed E-state index contributed by atoms with van der Waals surface area (Å²) in [6, 6.07) is 4.75. The lowest BCUT2D eigenvalue weighted by molar-refractivity contribution is -0.456. The normalized spacial score (nSPS) is 24.3. The van der Waals surface area contributed by atoms with Gasteiger partial charge < -0.3 is 35.0 Å². The highest BCUT2D eigenvalue weighted by Crippen LogP contribution is 2.50. The largest absolute Gasteiger partial charge is 0.508 e. The fraction of sp³-hybridized carbons (Fsp3) is 0.235. The molecule has 0 saturated carbocycles. The van der Waals surface area contributed by atoms with E-state index in [1.54, 1.807) is 0 Å². The van der Waals surface area contributed by atoms with E-state index in [-0.39, 0.29) is 12.2 Å². The number of rotatable bonds is 4. The topological polar surface area (TPSA) is 166 Å². The predicted molar refractivity (Wildman–Crippen MR) is 86.5 cm³/mol. The molecule has 144 valence electrons. The Hall–Kier alpha value is -3.05. The highest BCUT2D eigenvalue weighted by molar-refractivity contribution is 6.08. The summed E-state index contributed by atoms with van der Waals surface area (Å²) < 4.78 is 10.6. The second-order valence-electron chi connectivity index (χ2n) is 5.76. The molecule has 0 bridgehead atoms. The number of carbonyl (C=O) groups excluding carboxylic acids is 1. The monoisotopic (exact) mass is 380 g/mol. The van der Waals surface area contributed by atoms with Gasteiger partial charge in [-0.2, -0.15) is 4.89 Å². The number of ketones is 1. The van der Waals surface area contributed by atoms with Crippen LogP contribution >= 0.6 is 0 Å². The lowest BCUT2D eigenvalue weighted by Crippen LogP contribution is -2.65. The van der Waals surface area contributed by atoms with Crippen LogP contribution in [-0.2, 0) is 15.4 Å². The molecule has 1 aliphatic heterocycles. The average Bonchev–Trinajstić information content (AvgIpc) is 2.60. The minimum absolute atomic E-state index is 0.240. The Kier molecular flexibility index (Phi) is 4.36. The van der Waals surface area contributed by atoms with Crippen LogP contribution in [0.5, 0.6) is 28.7 Å². The van der Waals surface area contributed by atoms with E-state index in [1.165, 1.54) is 6.92 Å². The summed E-state index contributed by atoms with van der Waals surface area (Å²) in [6.07, 6.45) is 0. The van der Waals surface area contributed by atoms with Gasteiger partial charge in [0.15, 0.2) is 11.5 Å². The SMILES string of the molecule is CCOC1(OO)C(=O)c2c(O)cc(O)cc2OC1(O)c1ccc(O)c(O)c1. The zero-order valence-electron chi connectivity index (χ0n) is 13.9. The Bertz CT molecular complexity index is 911. The second kappa shape index (κ2) is 6.28. The van der Waals surface area contributed by atoms with Crippen molar-refractivity contribution in [3.05, 3.63) is 41.5 Å². The molecule has 0 radical (unpaired) electrons. The van der Waals surface area contributed by atoms with Gasteiger partial charge in [0, 0.05) is 24.3 Å². The summed E-state index contributed by atoms with van der Waals surface area (Å²) in [5, 5.41) is 59.6. The van der Waals surface area contributed by atoms with Crippen LogP contribution in [-0.4, -0.2) is 49.0 Å². The van der Waals surface area contributed by atoms with Crippen molar-refractivity contribution >= 4 is 5.78 Å². The summed E-state index contributed by atoms with van der Waals surface area (Å²) in [5.41, 5.74) is -0.842. The van der Waals surface area contributed by atoms with Gasteiger partial charge >= 0.3 is 11.6 Å². The van der Waals surface area contributed by atoms with Crippen molar-refractivity contribution in [1.29, 1.82) is 0 Å². The quantitative estimate of drug-likeness (QED) is 0.196. The summed E-state index contributed by atoms with van der Waals surface area (Å²) in [4.78, 5) is 17.3. The van der Waals surface area contributed by atoms with E-state index in [1.807, 2.05) is 0 Å². The van der Waals surface area contributed by atoms with Gasteiger partial charge in [-0.3, -0.25) is 4.79 Å². The molecule has 0 amide bonds. The highest BCUT2D eigenvalue weighted by atomic mass is 17.2. The minimum atomic E-state index is -2.88. The lowest BCUT2D eigenvalue weighted by Gasteiger charge is -2.45. The molecule has 0 aromatic heterocycles. The molecule has 2 aromatic rings. The molecule has 10 nitrogen and oxygen atoms in total. The molecule has 2 aromatic carbocycles. The molecule has 27 heavy (non-hydrogen) atoms. The first-order chi connectivity index (χ1) is 12.7. The van der Waals surface area contributed by atoms with Gasteiger partial charge in [-0.1, -0.05) is 0 Å². The van der Waals surface area contributed by atoms with Crippen molar-refractivity contribution in [1.82, 2.24) is 0 Å². The Morgan fingerprint density at radius 1 is 1.04 bits per heavy atom. The van der Waals surface area contributed by atoms with Gasteiger partial charge in [-0.05, 0) is 25.1 Å². The van der Waals surface area contributed by atoms with Crippen LogP contribution < -0.4 is 4.74 Å². The number of hydrogen-bond acceptors (Lipinski definition) is 10. The van der Waals surface area contributed by atoms with Crippen LogP contribution in [0.15, 0.2) is 30.3 Å². The molecule has 2 atom stereocenters. The highest BCUT2D eigenvalue weighted by Gasteiger charge is 2.67. The molecule has 10 heteroatoms. The van der Waals surface area contributed by atoms with Crippen molar-refractivity contribution in [2.45, 2.75) is 18.5 Å². The van der Waals surface area contributed by atoms with E-state index < -0.39 is 51.7 Å². The number of fused-ring (bicyclic) bond motifs is 1. The van der Waals surface area contributed by atoms with Crippen molar-refractivity contribution in [2.24, 2.45) is 0 Å². The molecular weight excluding hydrogens is 364 g/mol. The number of phenols is 4. The number of ether oxygens (including phenoxy) is 2. The number of phenolic OH excluding ortho intramolecular Hbond substituents is 4. The molecule has 6 N–H and O–H groups in total. The van der Waals surface area contributed by atoms with Crippen LogP contribution in [0.4, 0.5) is 0 Å². The summed E-state index contributed by atoms with van der Waals surface area (Å²) in [7, 11) is 0. The molecule has 1 heterocycles. The third-order valence-corrected chi connectivity index (χ3v) is 4.14. The van der Waals surface area contributed by atoms with Gasteiger partial charge in [0.1, 0.15) is 22.8 Å². The number of hydrogen-bond donors (Lipinski definition) is 6. The maximum absolute atomic E-state index is 13.0. The second-order valence-corrected chi connectivity index (χ2v) is 5.76. The van der Waals surface area contributed by atoms with E-state index >= 15 is 0 Å². The van der Waals surface area contributed by atoms with Gasteiger partial charge in [0.05, 0.1) is 0 Å². The zero-order valence-corrected chi connectivity index (χ0v) is 13.9. The Labute approximate surface area is 152 Å². The van der Waals surface area contributed by atoms with Crippen LogP contribution in [0.25, 0.3) is 0 Å². The number of Topliss-reactive ketones (excluding diaryl/α,β-unsaturated/α-hetero) is 1. The Morgan fingerprint density at radius 3 is 2.33 bits per heavy atom. The minimum Gasteiger partial charge on any atom is -0.508 e. The van der Waals surface area contributed by atoms with Crippen molar-refractivity contribution in [2.75, 3.05) is 6.61 Å². The van der Waals surface area contributed by atoms with Gasteiger partial charge in [0.25, 0.3) is 0 Å². The van der Waals surface area contributed by atoms with Crippen LogP contribution in [0.3, 0.4) is 0 Å². The van der Waals surface area contributed by atoms with Crippen molar-refractivity contribution in [3.8, 4) is 28.7 Å². The third kappa shape index (κ3) is 2.54. The molecule has 0 aliphatic carbocycles. The number of aliphatic hydroxyl groups is 1. The van der Waals surface area contributed by atoms with E-state index in [0.717, 1.165) is 30.3 Å². The van der Waals surface area contributed by atoms with Crippen molar-refractivity contribution in [3.63, 3.8) is 0 Å². The summed E-state index contributed by atoms with van der Waals surface area (Å²) in [6.45, 7) is 1.20. The smallest absolute Gasteiger partial charge is 0.335 e. The summed E-state index contributed by atoms with van der Waals surface area (Å²) >= 11 is 0. The Balaban J connectivity index is 2.32. The van der Waals surface area contributed by atoms with E-state index in [2.05, 4.69) is 4.89 Å². The average molecular weight is 380 g/mol. The molecule has 0 saturated heterocycles. The number of aromatic hydroxyl groups is 4. The van der Waals surface area contributed by atoms with Crippen LogP contribution in [0.2, 0.25) is 0 Å². The third-order valence-electron chi connectivity index (χ3n) is 4.14. The maximum Gasteiger partial charge on any atom is 0.335 e. The van der Waals surface area contributed by atoms with Gasteiger partial charge in [-0.25, -0.2) is 5.26 Å². The van der Waals surface area contributed by atoms with Crippen LogP contribution in [0, 0.1) is 0 Å². The molecule has 3 rings (SSSR count). The van der Waals surface area contributed by atoms with Crippen molar-refractivity contribution < 1.29 is 49.9 Å². The molecule has 2 unspecified atom stereocenters. The maximum atomic E-state index is 13.0. The van der Waals surface area contributed by atoms with E-state index in [9.17, 15) is 35.6 Å². The first-order valence-corrected chi connectivity index (χ1v) is 7.71. The first kappa shape index (κ1) is 18.7. The van der Waals surface area contributed by atoms with Gasteiger partial charge in [-0.15, -0.1) is 0 Å². The van der Waals surface area contributed by atoms with E-state index in [4.69, 9.17) is 9.47 Å². The standard InChI is InChI=1S/C17H16O10/c1-2-25-17(27-24)15(22)14-12(21)6-9(18)7-13(14)26-16(17,23)8-3-4-10(19)11(20)5-8/h3-7,18-21,23-24H,2H2,1H3. The zero-order chi connectivity index (χ0) is 20.0. The summed E-state index contributed by atoms with van der Waals surface area (Å²) in [5.74, 6) is -9.74. The predicted octanol–water partition coefficient (Wildman–Crippen LogP) is 1.15. The Morgan fingerprint density at radius 2 is 1.74 bits per heavy atom. The van der Waals surface area contributed by atoms with Crippen LogP contribution in [0.1, 0.15) is 22.8 Å². The fourth-order valence-corrected chi connectivity index (χ4v) is 2.92.